The topological polar surface area (TPSA) is 97.8 Å². The summed E-state index contributed by atoms with van der Waals surface area (Å²) in [4.78, 5) is 46.3. The number of carbonyl (C=O) groups is 3. The number of esters is 1. The van der Waals surface area contributed by atoms with Crippen LogP contribution in [-0.2, 0) is 19.7 Å². The minimum absolute atomic E-state index is 0.0466. The molecule has 2 heterocycles. The number of pyridine rings is 1. The molecule has 0 bridgehead atoms. The molecule has 3 aromatic rings. The molecule has 2 amide bonds. The third-order valence-electron chi connectivity index (χ3n) is 8.14. The predicted molar refractivity (Wildman–Crippen MR) is 150 cm³/mol. The van der Waals surface area contributed by atoms with E-state index in [-0.39, 0.29) is 42.2 Å². The summed E-state index contributed by atoms with van der Waals surface area (Å²) in [6.45, 7) is 3.20. The van der Waals surface area contributed by atoms with E-state index in [0.29, 0.717) is 44.3 Å². The van der Waals surface area contributed by atoms with Crippen molar-refractivity contribution in [1.82, 2.24) is 15.2 Å². The molecule has 1 N–H and O–H groups in total. The average Bonchev–Trinajstić information content (AvgIpc) is 3.01. The third kappa shape index (κ3) is 5.06. The summed E-state index contributed by atoms with van der Waals surface area (Å²) >= 11 is 0. The minimum Gasteiger partial charge on any atom is -0.480 e. The van der Waals surface area contributed by atoms with Crippen LogP contribution < -0.4 is 10.1 Å². The van der Waals surface area contributed by atoms with Gasteiger partial charge in [-0.3, -0.25) is 14.4 Å². The van der Waals surface area contributed by atoms with Crippen LogP contribution in [0, 0.1) is 0 Å². The van der Waals surface area contributed by atoms with Gasteiger partial charge in [0.1, 0.15) is 11.0 Å². The second kappa shape index (κ2) is 11.9. The standard InChI is InChI=1S/C32H35N3O5/c1-3-40-31(38)32(22-10-5-4-6-11-22)18-15-25(24-12-7-8-14-27(24)32)30(37)35-20-16-23(17-21-35)34-28(36)26-13-9-19-33-29(26)39-2/h4-14,19,23,25H,3,15-18,20-21H2,1-2H3,(H,34,36)/t25-,32+/m0/s1. The van der Waals surface area contributed by atoms with Gasteiger partial charge >= 0.3 is 5.97 Å². The Kier molecular flexibility index (Phi) is 8.14. The number of carbonyl (C=O) groups excluding carboxylic acids is 3. The van der Waals surface area contributed by atoms with Crippen molar-refractivity contribution in [2.75, 3.05) is 26.8 Å². The monoisotopic (exact) mass is 541 g/mol. The second-order valence-electron chi connectivity index (χ2n) is 10.3. The van der Waals surface area contributed by atoms with E-state index in [9.17, 15) is 14.4 Å². The van der Waals surface area contributed by atoms with Gasteiger partial charge in [0.25, 0.3) is 5.91 Å². The predicted octanol–water partition coefficient (Wildman–Crippen LogP) is 4.24. The number of likely N-dealkylation sites (tertiary alicyclic amines) is 1. The molecule has 208 valence electrons. The van der Waals surface area contributed by atoms with Crippen molar-refractivity contribution >= 4 is 17.8 Å². The fourth-order valence-corrected chi connectivity index (χ4v) is 6.16. The van der Waals surface area contributed by atoms with Gasteiger partial charge in [0.2, 0.25) is 11.8 Å². The third-order valence-corrected chi connectivity index (χ3v) is 8.14. The molecule has 8 heteroatoms. The van der Waals surface area contributed by atoms with Crippen LogP contribution in [-0.4, -0.2) is 60.5 Å². The summed E-state index contributed by atoms with van der Waals surface area (Å²) in [6.07, 6.45) is 3.93. The molecule has 2 aliphatic rings. The van der Waals surface area contributed by atoms with Crippen molar-refractivity contribution in [3.8, 4) is 5.88 Å². The van der Waals surface area contributed by atoms with Crippen molar-refractivity contribution in [2.45, 2.75) is 50.0 Å². The molecule has 0 radical (unpaired) electrons. The van der Waals surface area contributed by atoms with E-state index >= 15 is 0 Å². The van der Waals surface area contributed by atoms with E-state index < -0.39 is 5.41 Å². The zero-order valence-corrected chi connectivity index (χ0v) is 23.0. The van der Waals surface area contributed by atoms with Crippen LogP contribution in [0.5, 0.6) is 5.88 Å². The van der Waals surface area contributed by atoms with Gasteiger partial charge in [-0.05, 0) is 61.4 Å². The molecule has 1 aliphatic carbocycles. The smallest absolute Gasteiger partial charge is 0.321 e. The first kappa shape index (κ1) is 27.4. The summed E-state index contributed by atoms with van der Waals surface area (Å²) in [5, 5.41) is 3.07. The number of hydrogen-bond donors (Lipinski definition) is 1. The first-order chi connectivity index (χ1) is 19.5. The van der Waals surface area contributed by atoms with Gasteiger partial charge in [-0.15, -0.1) is 0 Å². The molecule has 2 atom stereocenters. The van der Waals surface area contributed by atoms with Crippen LogP contribution in [0.1, 0.15) is 65.6 Å². The highest BCUT2D eigenvalue weighted by Gasteiger charge is 2.50. The Morgan fingerprint density at radius 3 is 2.42 bits per heavy atom. The van der Waals surface area contributed by atoms with Crippen LogP contribution in [0.2, 0.25) is 0 Å². The first-order valence-electron chi connectivity index (χ1n) is 13.9. The summed E-state index contributed by atoms with van der Waals surface area (Å²) in [5.41, 5.74) is 2.06. The Morgan fingerprint density at radius 2 is 1.70 bits per heavy atom. The number of fused-ring (bicyclic) bond motifs is 1. The number of piperidine rings is 1. The van der Waals surface area contributed by atoms with Crippen LogP contribution in [0.4, 0.5) is 0 Å². The Morgan fingerprint density at radius 1 is 0.975 bits per heavy atom. The van der Waals surface area contributed by atoms with Gasteiger partial charge in [0.05, 0.1) is 19.6 Å². The fraction of sp³-hybridized carbons (Fsp3) is 0.375. The molecule has 5 rings (SSSR count). The molecule has 0 unspecified atom stereocenters. The van der Waals surface area contributed by atoms with E-state index in [0.717, 1.165) is 16.7 Å². The fourth-order valence-electron chi connectivity index (χ4n) is 6.16. The summed E-state index contributed by atoms with van der Waals surface area (Å²) in [7, 11) is 1.49. The van der Waals surface area contributed by atoms with Crippen molar-refractivity contribution in [2.24, 2.45) is 0 Å². The average molecular weight is 542 g/mol. The highest BCUT2D eigenvalue weighted by Crippen LogP contribution is 2.48. The molecule has 1 fully saturated rings. The molecule has 0 spiro atoms. The molecular formula is C32H35N3O5. The number of amides is 2. The maximum atomic E-state index is 13.9. The van der Waals surface area contributed by atoms with Gasteiger partial charge in [0.15, 0.2) is 0 Å². The molecule has 8 nitrogen and oxygen atoms in total. The Bertz CT molecular complexity index is 1370. The number of methoxy groups -OCH3 is 1. The Labute approximate surface area is 234 Å². The van der Waals surface area contributed by atoms with Gasteiger partial charge in [-0.25, -0.2) is 4.98 Å². The highest BCUT2D eigenvalue weighted by molar-refractivity contribution is 5.96. The second-order valence-corrected chi connectivity index (χ2v) is 10.3. The van der Waals surface area contributed by atoms with E-state index in [4.69, 9.17) is 9.47 Å². The number of ether oxygens (including phenoxy) is 2. The number of nitrogens with zero attached hydrogens (tertiary/aromatic N) is 2. The highest BCUT2D eigenvalue weighted by atomic mass is 16.5. The number of rotatable bonds is 7. The lowest BCUT2D eigenvalue weighted by molar-refractivity contribution is -0.149. The van der Waals surface area contributed by atoms with Crippen molar-refractivity contribution < 1.29 is 23.9 Å². The van der Waals surface area contributed by atoms with Gasteiger partial charge in [-0.2, -0.15) is 0 Å². The molecular weight excluding hydrogens is 506 g/mol. The SMILES string of the molecule is CCOC(=O)[C@@]1(c2ccccc2)CC[C@H](C(=O)N2CCC(NC(=O)c3cccnc3OC)CC2)c2ccccc21. The van der Waals surface area contributed by atoms with Gasteiger partial charge in [0, 0.05) is 25.3 Å². The quantitative estimate of drug-likeness (QED) is 0.450. The molecule has 40 heavy (non-hydrogen) atoms. The Balaban J connectivity index is 1.32. The Hall–Kier alpha value is -4.20. The number of aromatic nitrogens is 1. The zero-order chi connectivity index (χ0) is 28.1. The number of hydrogen-bond acceptors (Lipinski definition) is 6. The van der Waals surface area contributed by atoms with Crippen LogP contribution in [0.3, 0.4) is 0 Å². The largest absolute Gasteiger partial charge is 0.480 e. The molecule has 0 saturated carbocycles. The normalized spacial score (nSPS) is 20.8. The van der Waals surface area contributed by atoms with E-state index in [2.05, 4.69) is 10.3 Å². The van der Waals surface area contributed by atoms with E-state index in [1.807, 2.05) is 66.4 Å². The van der Waals surface area contributed by atoms with Crippen LogP contribution >= 0.6 is 0 Å². The number of benzene rings is 2. The van der Waals surface area contributed by atoms with E-state index in [1.54, 1.807) is 18.3 Å². The van der Waals surface area contributed by atoms with Gasteiger partial charge < -0.3 is 19.7 Å². The zero-order valence-electron chi connectivity index (χ0n) is 23.0. The lowest BCUT2D eigenvalue weighted by Crippen LogP contribution is -2.49. The lowest BCUT2D eigenvalue weighted by atomic mass is 9.63. The van der Waals surface area contributed by atoms with E-state index in [1.165, 1.54) is 7.11 Å². The lowest BCUT2D eigenvalue weighted by Gasteiger charge is -2.42. The summed E-state index contributed by atoms with van der Waals surface area (Å²) < 4.78 is 10.8. The summed E-state index contributed by atoms with van der Waals surface area (Å²) in [6, 6.07) is 20.9. The number of nitrogens with one attached hydrogen (secondary N) is 1. The van der Waals surface area contributed by atoms with Crippen LogP contribution in [0.15, 0.2) is 72.9 Å². The van der Waals surface area contributed by atoms with Crippen molar-refractivity contribution in [3.63, 3.8) is 0 Å². The molecule has 2 aromatic carbocycles. The van der Waals surface area contributed by atoms with Gasteiger partial charge in [-0.1, -0.05) is 54.6 Å². The minimum atomic E-state index is -0.949. The van der Waals surface area contributed by atoms with Crippen molar-refractivity contribution in [3.05, 3.63) is 95.2 Å². The first-order valence-corrected chi connectivity index (χ1v) is 13.9. The summed E-state index contributed by atoms with van der Waals surface area (Å²) in [5.74, 6) is -0.489. The maximum absolute atomic E-state index is 13.9. The van der Waals surface area contributed by atoms with Crippen molar-refractivity contribution in [1.29, 1.82) is 0 Å². The molecule has 1 aliphatic heterocycles. The van der Waals surface area contributed by atoms with Crippen LogP contribution in [0.25, 0.3) is 0 Å². The molecule has 1 aromatic heterocycles. The maximum Gasteiger partial charge on any atom is 0.321 e. The molecule has 1 saturated heterocycles.